The molecule has 0 unspecified atom stereocenters. The van der Waals surface area contributed by atoms with Gasteiger partial charge in [0.05, 0.1) is 32.5 Å². The van der Waals surface area contributed by atoms with Crippen LogP contribution in [0.4, 0.5) is 0 Å². The molecule has 3 saturated heterocycles. The predicted octanol–water partition coefficient (Wildman–Crippen LogP) is 2.54. The smallest absolute Gasteiger partial charge is 0.118 e. The fraction of sp³-hybridized carbons (Fsp3) is 0.789. The maximum atomic E-state index is 6.35. The van der Waals surface area contributed by atoms with E-state index in [-0.39, 0.29) is 6.10 Å². The van der Waals surface area contributed by atoms with Gasteiger partial charge in [-0.15, -0.1) is 0 Å². The number of rotatable bonds is 5. The molecule has 4 heterocycles. The molecule has 0 bridgehead atoms. The highest BCUT2D eigenvalue weighted by Gasteiger charge is 2.46. The molecule has 0 amide bonds. The summed E-state index contributed by atoms with van der Waals surface area (Å²) >= 11 is 0. The largest absolute Gasteiger partial charge is 0.465 e. The Morgan fingerprint density at radius 3 is 2.75 bits per heavy atom. The van der Waals surface area contributed by atoms with Gasteiger partial charge < -0.3 is 18.6 Å². The Hall–Kier alpha value is -0.880. The molecule has 5 nitrogen and oxygen atoms in total. The second-order valence-corrected chi connectivity index (χ2v) is 7.58. The van der Waals surface area contributed by atoms with Gasteiger partial charge in [0.2, 0.25) is 0 Å². The van der Waals surface area contributed by atoms with Crippen molar-refractivity contribution in [1.29, 1.82) is 0 Å². The van der Waals surface area contributed by atoms with Crippen LogP contribution in [0, 0.1) is 25.7 Å². The second kappa shape index (κ2) is 7.16. The first-order valence-corrected chi connectivity index (χ1v) is 9.28. The number of likely N-dealkylation sites (tertiary alicyclic amines) is 1. The zero-order valence-electron chi connectivity index (χ0n) is 14.8. The molecular weight excluding hydrogens is 306 g/mol. The molecule has 0 spiro atoms. The summed E-state index contributed by atoms with van der Waals surface area (Å²) in [5.41, 5.74) is 1.23. The van der Waals surface area contributed by atoms with Crippen LogP contribution in [0.2, 0.25) is 0 Å². The van der Waals surface area contributed by atoms with E-state index in [2.05, 4.69) is 17.9 Å². The van der Waals surface area contributed by atoms with E-state index < -0.39 is 0 Å². The van der Waals surface area contributed by atoms with E-state index in [1.807, 2.05) is 6.92 Å². The van der Waals surface area contributed by atoms with Crippen LogP contribution >= 0.6 is 0 Å². The molecule has 3 atom stereocenters. The number of furan rings is 1. The van der Waals surface area contributed by atoms with Crippen LogP contribution in [0.3, 0.4) is 0 Å². The molecular formula is C19H29NO4. The first-order valence-electron chi connectivity index (χ1n) is 9.28. The molecule has 3 fully saturated rings. The number of hydrogen-bond donors (Lipinski definition) is 0. The Bertz CT molecular complexity index is 532. The van der Waals surface area contributed by atoms with Gasteiger partial charge in [-0.25, -0.2) is 0 Å². The quantitative estimate of drug-likeness (QED) is 0.827. The van der Waals surface area contributed by atoms with Gasteiger partial charge in [0.1, 0.15) is 11.5 Å². The van der Waals surface area contributed by atoms with Gasteiger partial charge in [0.15, 0.2) is 0 Å². The average Bonchev–Trinajstić information content (AvgIpc) is 3.25. The van der Waals surface area contributed by atoms with Crippen molar-refractivity contribution < 1.29 is 18.6 Å². The van der Waals surface area contributed by atoms with Gasteiger partial charge in [0.25, 0.3) is 0 Å². The Morgan fingerprint density at radius 2 is 2.00 bits per heavy atom. The van der Waals surface area contributed by atoms with Gasteiger partial charge in [0, 0.05) is 31.7 Å². The summed E-state index contributed by atoms with van der Waals surface area (Å²) in [6.45, 7) is 10.3. The van der Waals surface area contributed by atoms with Crippen molar-refractivity contribution in [3.63, 3.8) is 0 Å². The standard InChI is InChI=1S/C19H29NO4/c1-13-7-16(24-14(13)2)8-20-9-19(17-11-22-12-18(17)20)23-10-15-3-5-21-6-4-15/h7,15,17-19H,3-6,8-12H2,1-2H3/t17-,18+,19+/m1/s1. The van der Waals surface area contributed by atoms with Gasteiger partial charge in [-0.2, -0.15) is 0 Å². The first kappa shape index (κ1) is 16.6. The second-order valence-electron chi connectivity index (χ2n) is 7.58. The van der Waals surface area contributed by atoms with E-state index in [9.17, 15) is 0 Å². The fourth-order valence-corrected chi connectivity index (χ4v) is 4.25. The van der Waals surface area contributed by atoms with Crippen LogP contribution in [0.1, 0.15) is 29.9 Å². The fourth-order valence-electron chi connectivity index (χ4n) is 4.25. The highest BCUT2D eigenvalue weighted by atomic mass is 16.5. The molecule has 4 rings (SSSR count). The van der Waals surface area contributed by atoms with E-state index in [0.717, 1.165) is 70.5 Å². The van der Waals surface area contributed by atoms with E-state index in [4.69, 9.17) is 18.6 Å². The number of hydrogen-bond acceptors (Lipinski definition) is 5. The Balaban J connectivity index is 1.36. The highest BCUT2D eigenvalue weighted by molar-refractivity contribution is 5.19. The van der Waals surface area contributed by atoms with E-state index in [1.165, 1.54) is 5.56 Å². The summed E-state index contributed by atoms with van der Waals surface area (Å²) in [4.78, 5) is 2.49. The lowest BCUT2D eigenvalue weighted by Gasteiger charge is -2.25. The van der Waals surface area contributed by atoms with Crippen molar-refractivity contribution in [2.24, 2.45) is 11.8 Å². The molecule has 5 heteroatoms. The van der Waals surface area contributed by atoms with Crippen molar-refractivity contribution in [2.75, 3.05) is 39.6 Å². The predicted molar refractivity (Wildman–Crippen MR) is 90.0 cm³/mol. The maximum Gasteiger partial charge on any atom is 0.118 e. The zero-order chi connectivity index (χ0) is 16.5. The minimum Gasteiger partial charge on any atom is -0.465 e. The van der Waals surface area contributed by atoms with Gasteiger partial charge >= 0.3 is 0 Å². The third-order valence-electron chi connectivity index (χ3n) is 5.92. The summed E-state index contributed by atoms with van der Waals surface area (Å²) in [7, 11) is 0. The van der Waals surface area contributed by atoms with Crippen molar-refractivity contribution in [3.05, 3.63) is 23.2 Å². The molecule has 0 aromatic carbocycles. The minimum absolute atomic E-state index is 0.289. The topological polar surface area (TPSA) is 44.1 Å². The number of aryl methyl sites for hydroxylation is 2. The molecule has 3 aliphatic heterocycles. The zero-order valence-corrected chi connectivity index (χ0v) is 14.8. The summed E-state index contributed by atoms with van der Waals surface area (Å²) in [6, 6.07) is 2.63. The van der Waals surface area contributed by atoms with Crippen LogP contribution in [0.25, 0.3) is 0 Å². The third kappa shape index (κ3) is 3.40. The minimum atomic E-state index is 0.289. The Morgan fingerprint density at radius 1 is 1.17 bits per heavy atom. The van der Waals surface area contributed by atoms with Crippen molar-refractivity contribution in [2.45, 2.75) is 45.4 Å². The van der Waals surface area contributed by atoms with Gasteiger partial charge in [-0.05, 0) is 44.2 Å². The van der Waals surface area contributed by atoms with Crippen molar-refractivity contribution in [1.82, 2.24) is 4.90 Å². The van der Waals surface area contributed by atoms with E-state index in [0.29, 0.717) is 17.9 Å². The number of ether oxygens (including phenoxy) is 3. The lowest BCUT2D eigenvalue weighted by atomic mass is 10.00. The van der Waals surface area contributed by atoms with Crippen LogP contribution in [-0.2, 0) is 20.8 Å². The molecule has 1 aromatic rings. The molecule has 134 valence electrons. The molecule has 0 radical (unpaired) electrons. The van der Waals surface area contributed by atoms with Gasteiger partial charge in [-0.3, -0.25) is 4.90 Å². The monoisotopic (exact) mass is 335 g/mol. The molecule has 3 aliphatic rings. The maximum absolute atomic E-state index is 6.35. The average molecular weight is 335 g/mol. The normalized spacial score (nSPS) is 31.7. The molecule has 24 heavy (non-hydrogen) atoms. The summed E-state index contributed by atoms with van der Waals surface area (Å²) in [5, 5.41) is 0. The first-order chi connectivity index (χ1) is 11.7. The lowest BCUT2D eigenvalue weighted by molar-refractivity contribution is -0.0260. The number of fused-ring (bicyclic) bond motifs is 1. The molecule has 0 saturated carbocycles. The third-order valence-corrected chi connectivity index (χ3v) is 5.92. The van der Waals surface area contributed by atoms with Crippen LogP contribution in [0.5, 0.6) is 0 Å². The molecule has 0 N–H and O–H groups in total. The molecule has 0 aliphatic carbocycles. The van der Waals surface area contributed by atoms with Crippen LogP contribution < -0.4 is 0 Å². The van der Waals surface area contributed by atoms with E-state index >= 15 is 0 Å². The van der Waals surface area contributed by atoms with Gasteiger partial charge in [-0.1, -0.05) is 0 Å². The summed E-state index contributed by atoms with van der Waals surface area (Å²) in [5.74, 6) is 3.24. The van der Waals surface area contributed by atoms with Crippen LogP contribution in [0.15, 0.2) is 10.5 Å². The van der Waals surface area contributed by atoms with Crippen molar-refractivity contribution >= 4 is 0 Å². The SMILES string of the molecule is Cc1cc(CN2C[C@H](OCC3CCOCC3)[C@@H]3COC[C@@H]32)oc1C. The van der Waals surface area contributed by atoms with Crippen molar-refractivity contribution in [3.8, 4) is 0 Å². The highest BCUT2D eigenvalue weighted by Crippen LogP contribution is 2.34. The summed E-state index contributed by atoms with van der Waals surface area (Å²) < 4.78 is 23.4. The molecule has 1 aromatic heterocycles. The lowest BCUT2D eigenvalue weighted by Crippen LogP contribution is -2.32. The Labute approximate surface area is 144 Å². The summed E-state index contributed by atoms with van der Waals surface area (Å²) in [6.07, 6.45) is 2.55. The van der Waals surface area contributed by atoms with E-state index in [1.54, 1.807) is 0 Å². The van der Waals surface area contributed by atoms with Crippen LogP contribution in [-0.4, -0.2) is 56.6 Å². The Kier molecular flexibility index (Phi) is 4.95. The number of nitrogens with zero attached hydrogens (tertiary/aromatic N) is 1.